The molecule has 0 saturated carbocycles. The molecule has 0 bridgehead atoms. The highest BCUT2D eigenvalue weighted by Crippen LogP contribution is 2.22. The molecule has 0 N–H and O–H groups in total. The second-order valence-corrected chi connectivity index (χ2v) is 7.40. The highest BCUT2D eigenvalue weighted by molar-refractivity contribution is 9.10. The first-order valence-corrected chi connectivity index (χ1v) is 9.87. The van der Waals surface area contributed by atoms with E-state index >= 15 is 0 Å². The lowest BCUT2D eigenvalue weighted by molar-refractivity contribution is 0.0713. The third-order valence-corrected chi connectivity index (χ3v) is 5.25. The predicted molar refractivity (Wildman–Crippen MR) is 104 cm³/mol. The number of amides is 1. The van der Waals surface area contributed by atoms with Crippen molar-refractivity contribution in [2.75, 3.05) is 62.3 Å². The molecule has 0 aromatic carbocycles. The van der Waals surface area contributed by atoms with Crippen LogP contribution in [0, 0.1) is 6.92 Å². The molecule has 1 amide bonds. The summed E-state index contributed by atoms with van der Waals surface area (Å²) in [7, 11) is 0. The number of hydrogen-bond acceptors (Lipinski definition) is 7. The van der Waals surface area contributed by atoms with Crippen LogP contribution in [0.4, 0.5) is 11.6 Å². The van der Waals surface area contributed by atoms with Crippen molar-refractivity contribution in [3.63, 3.8) is 0 Å². The van der Waals surface area contributed by atoms with Crippen molar-refractivity contribution in [1.29, 1.82) is 0 Å². The molecular weight excluding hydrogens is 414 g/mol. The van der Waals surface area contributed by atoms with Crippen LogP contribution in [-0.4, -0.2) is 73.3 Å². The quantitative estimate of drug-likeness (QED) is 0.728. The second-order valence-electron chi connectivity index (χ2n) is 6.61. The monoisotopic (exact) mass is 435 g/mol. The van der Waals surface area contributed by atoms with Crippen LogP contribution in [-0.2, 0) is 4.74 Å². The molecule has 0 radical (unpaired) electrons. The molecule has 2 fully saturated rings. The lowest BCUT2D eigenvalue weighted by Gasteiger charge is -2.35. The molecule has 0 unspecified atom stereocenters. The fourth-order valence-corrected chi connectivity index (χ4v) is 3.68. The number of rotatable bonds is 3. The largest absolute Gasteiger partial charge is 0.444 e. The van der Waals surface area contributed by atoms with E-state index in [-0.39, 0.29) is 5.91 Å². The summed E-state index contributed by atoms with van der Waals surface area (Å²) in [5.74, 6) is 2.90. The van der Waals surface area contributed by atoms with Gasteiger partial charge in [0.05, 0.1) is 13.2 Å². The Balaban J connectivity index is 1.43. The minimum atomic E-state index is -0.0757. The second kappa shape index (κ2) is 7.85. The van der Waals surface area contributed by atoms with E-state index in [1.807, 2.05) is 17.9 Å². The number of nitrogens with zero attached hydrogens (tertiary/aromatic N) is 5. The maximum Gasteiger partial charge on any atom is 0.289 e. The summed E-state index contributed by atoms with van der Waals surface area (Å²) in [5, 5.41) is 0. The van der Waals surface area contributed by atoms with Gasteiger partial charge in [-0.15, -0.1) is 0 Å². The summed E-state index contributed by atoms with van der Waals surface area (Å²) in [5.41, 5.74) is 0. The van der Waals surface area contributed by atoms with Crippen LogP contribution in [0.25, 0.3) is 0 Å². The molecule has 0 aliphatic carbocycles. The van der Waals surface area contributed by atoms with Crippen LogP contribution in [0.15, 0.2) is 27.3 Å². The van der Waals surface area contributed by atoms with Crippen LogP contribution < -0.4 is 9.80 Å². The van der Waals surface area contributed by atoms with Crippen LogP contribution in [0.2, 0.25) is 0 Å². The van der Waals surface area contributed by atoms with Crippen LogP contribution >= 0.6 is 15.9 Å². The maximum absolute atomic E-state index is 12.5. The van der Waals surface area contributed by atoms with Crippen molar-refractivity contribution < 1.29 is 13.9 Å². The van der Waals surface area contributed by atoms with Crippen LogP contribution in [0.1, 0.15) is 16.4 Å². The first-order chi connectivity index (χ1) is 13.1. The molecule has 2 aliphatic rings. The molecule has 2 aromatic rings. The van der Waals surface area contributed by atoms with E-state index in [0.29, 0.717) is 23.5 Å². The SMILES string of the molecule is Cc1nc(N2CCOCC2)cc(N2CCN(C(=O)c3ccc(Br)o3)CC2)n1. The van der Waals surface area contributed by atoms with Crippen LogP contribution in [0.5, 0.6) is 0 Å². The molecule has 27 heavy (non-hydrogen) atoms. The van der Waals surface area contributed by atoms with Gasteiger partial charge in [-0.2, -0.15) is 0 Å². The molecule has 9 heteroatoms. The Hall–Kier alpha value is -2.13. The lowest BCUT2D eigenvalue weighted by atomic mass is 10.2. The van der Waals surface area contributed by atoms with Gasteiger partial charge in [0.2, 0.25) is 0 Å². The van der Waals surface area contributed by atoms with Gasteiger partial charge < -0.3 is 23.9 Å². The number of aryl methyl sites for hydroxylation is 1. The normalized spacial score (nSPS) is 18.1. The molecule has 0 atom stereocenters. The summed E-state index contributed by atoms with van der Waals surface area (Å²) in [6.45, 7) is 7.78. The molecular formula is C18H22BrN5O3. The number of carbonyl (C=O) groups is 1. The lowest BCUT2D eigenvalue weighted by Crippen LogP contribution is -2.49. The molecule has 4 heterocycles. The van der Waals surface area contributed by atoms with Gasteiger partial charge in [0.15, 0.2) is 10.4 Å². The average Bonchev–Trinajstić information content (AvgIpc) is 3.14. The Kier molecular flexibility index (Phi) is 5.31. The van der Waals surface area contributed by atoms with Gasteiger partial charge in [0.1, 0.15) is 17.5 Å². The maximum atomic E-state index is 12.5. The van der Waals surface area contributed by atoms with E-state index in [1.54, 1.807) is 12.1 Å². The van der Waals surface area contributed by atoms with Gasteiger partial charge >= 0.3 is 0 Å². The number of furan rings is 1. The topological polar surface area (TPSA) is 74.9 Å². The highest BCUT2D eigenvalue weighted by atomic mass is 79.9. The number of aromatic nitrogens is 2. The van der Waals surface area contributed by atoms with Crippen molar-refractivity contribution in [3.05, 3.63) is 34.5 Å². The van der Waals surface area contributed by atoms with E-state index in [2.05, 4.69) is 35.7 Å². The zero-order valence-corrected chi connectivity index (χ0v) is 16.8. The number of carbonyl (C=O) groups excluding carboxylic acids is 1. The van der Waals surface area contributed by atoms with E-state index in [0.717, 1.165) is 56.9 Å². The van der Waals surface area contributed by atoms with Crippen molar-refractivity contribution in [1.82, 2.24) is 14.9 Å². The van der Waals surface area contributed by atoms with Crippen molar-refractivity contribution in [3.8, 4) is 0 Å². The Labute approximate surface area is 166 Å². The highest BCUT2D eigenvalue weighted by Gasteiger charge is 2.25. The fraction of sp³-hybridized carbons (Fsp3) is 0.500. The van der Waals surface area contributed by atoms with E-state index in [4.69, 9.17) is 9.15 Å². The minimum Gasteiger partial charge on any atom is -0.444 e. The molecule has 0 spiro atoms. The van der Waals surface area contributed by atoms with E-state index in [1.165, 1.54) is 0 Å². The standard InChI is InChI=1S/C18H22BrN5O3/c1-13-20-16(12-17(21-13)23-8-10-26-11-9-23)22-4-6-24(7-5-22)18(25)14-2-3-15(19)27-14/h2-3,12H,4-11H2,1H3. The third kappa shape index (κ3) is 4.08. The number of hydrogen-bond donors (Lipinski definition) is 0. The Morgan fingerprint density at radius 1 is 1.00 bits per heavy atom. The first-order valence-electron chi connectivity index (χ1n) is 9.08. The number of piperazine rings is 1. The zero-order valence-electron chi connectivity index (χ0n) is 15.2. The van der Waals surface area contributed by atoms with Gasteiger partial charge in [-0.05, 0) is 35.0 Å². The first kappa shape index (κ1) is 18.2. The number of morpholine rings is 1. The number of halogens is 1. The zero-order chi connectivity index (χ0) is 18.8. The van der Waals surface area contributed by atoms with Crippen molar-refractivity contribution >= 4 is 33.5 Å². The number of anilines is 2. The average molecular weight is 436 g/mol. The van der Waals surface area contributed by atoms with E-state index < -0.39 is 0 Å². The van der Waals surface area contributed by atoms with Gasteiger partial charge in [-0.1, -0.05) is 0 Å². The molecule has 4 rings (SSSR count). The third-order valence-electron chi connectivity index (χ3n) is 4.82. The summed E-state index contributed by atoms with van der Waals surface area (Å²) in [6, 6.07) is 5.47. The van der Waals surface area contributed by atoms with Gasteiger partial charge in [0.25, 0.3) is 5.91 Å². The van der Waals surface area contributed by atoms with Crippen molar-refractivity contribution in [2.45, 2.75) is 6.92 Å². The fourth-order valence-electron chi connectivity index (χ4n) is 3.38. The molecule has 2 saturated heterocycles. The summed E-state index contributed by atoms with van der Waals surface area (Å²) in [4.78, 5) is 28.0. The summed E-state index contributed by atoms with van der Waals surface area (Å²) in [6.07, 6.45) is 0. The molecule has 8 nitrogen and oxygen atoms in total. The molecule has 144 valence electrons. The van der Waals surface area contributed by atoms with Crippen LogP contribution in [0.3, 0.4) is 0 Å². The Bertz CT molecular complexity index is 813. The minimum absolute atomic E-state index is 0.0757. The molecule has 2 aromatic heterocycles. The summed E-state index contributed by atoms with van der Waals surface area (Å²) >= 11 is 3.24. The van der Waals surface area contributed by atoms with E-state index in [9.17, 15) is 4.79 Å². The Morgan fingerprint density at radius 3 is 2.22 bits per heavy atom. The van der Waals surface area contributed by atoms with Gasteiger partial charge in [-0.25, -0.2) is 9.97 Å². The summed E-state index contributed by atoms with van der Waals surface area (Å²) < 4.78 is 11.4. The van der Waals surface area contributed by atoms with Crippen molar-refractivity contribution in [2.24, 2.45) is 0 Å². The predicted octanol–water partition coefficient (Wildman–Crippen LogP) is 1.94. The smallest absolute Gasteiger partial charge is 0.289 e. The Morgan fingerprint density at radius 2 is 1.63 bits per heavy atom. The molecule has 2 aliphatic heterocycles. The number of ether oxygens (including phenoxy) is 1. The van der Waals surface area contributed by atoms with Gasteiger partial charge in [-0.3, -0.25) is 4.79 Å². The van der Waals surface area contributed by atoms with Gasteiger partial charge in [0, 0.05) is 45.3 Å².